The van der Waals surface area contributed by atoms with Gasteiger partial charge in [-0.3, -0.25) is 0 Å². The van der Waals surface area contributed by atoms with Gasteiger partial charge < -0.3 is 5.11 Å². The van der Waals surface area contributed by atoms with Gasteiger partial charge in [0, 0.05) is 0 Å². The number of allylic oxidation sites excluding steroid dienone is 1. The van der Waals surface area contributed by atoms with E-state index in [9.17, 15) is 5.11 Å². The molecular formula is C12H20O. The molecule has 1 spiro atoms. The summed E-state index contributed by atoms with van der Waals surface area (Å²) >= 11 is 0. The lowest BCUT2D eigenvalue weighted by Gasteiger charge is -2.49. The molecule has 2 saturated carbocycles. The molecule has 2 aliphatic carbocycles. The van der Waals surface area contributed by atoms with E-state index in [4.69, 9.17) is 0 Å². The Bertz CT molecular complexity index is 205. The van der Waals surface area contributed by atoms with E-state index in [0.717, 1.165) is 19.3 Å². The van der Waals surface area contributed by atoms with Gasteiger partial charge in [-0.25, -0.2) is 0 Å². The predicted octanol–water partition coefficient (Wildman–Crippen LogP) is 3.04. The first-order chi connectivity index (χ1) is 6.22. The van der Waals surface area contributed by atoms with E-state index in [1.165, 1.54) is 32.1 Å². The highest BCUT2D eigenvalue weighted by molar-refractivity contribution is 5.08. The molecule has 0 aromatic heterocycles. The minimum atomic E-state index is -0.334. The highest BCUT2D eigenvalue weighted by Crippen LogP contribution is 2.60. The number of hydrogen-bond donors (Lipinski definition) is 1. The summed E-state index contributed by atoms with van der Waals surface area (Å²) in [5.74, 6) is 0. The number of rotatable bonds is 3. The summed E-state index contributed by atoms with van der Waals surface area (Å²) in [6, 6.07) is 0. The van der Waals surface area contributed by atoms with E-state index < -0.39 is 0 Å². The van der Waals surface area contributed by atoms with Crippen LogP contribution in [0, 0.1) is 5.41 Å². The highest BCUT2D eigenvalue weighted by Gasteiger charge is 2.55. The largest absolute Gasteiger partial charge is 0.389 e. The van der Waals surface area contributed by atoms with Crippen molar-refractivity contribution in [1.82, 2.24) is 0 Å². The molecule has 0 radical (unpaired) electrons. The van der Waals surface area contributed by atoms with Crippen LogP contribution in [0.3, 0.4) is 0 Å². The minimum Gasteiger partial charge on any atom is -0.389 e. The molecule has 1 N–H and O–H groups in total. The maximum Gasteiger partial charge on any atom is 0.0706 e. The molecule has 1 heteroatoms. The second-order valence-electron chi connectivity index (χ2n) is 4.85. The van der Waals surface area contributed by atoms with Crippen molar-refractivity contribution < 1.29 is 5.11 Å². The molecule has 1 unspecified atom stereocenters. The van der Waals surface area contributed by atoms with Crippen LogP contribution in [0.5, 0.6) is 0 Å². The van der Waals surface area contributed by atoms with Crippen molar-refractivity contribution in [2.75, 3.05) is 0 Å². The van der Waals surface area contributed by atoms with Gasteiger partial charge in [0.1, 0.15) is 0 Å². The van der Waals surface area contributed by atoms with Crippen LogP contribution in [0.1, 0.15) is 51.4 Å². The Morgan fingerprint density at radius 2 is 1.77 bits per heavy atom. The summed E-state index contributed by atoms with van der Waals surface area (Å²) in [4.78, 5) is 0. The van der Waals surface area contributed by atoms with Gasteiger partial charge in [0.25, 0.3) is 0 Å². The smallest absolute Gasteiger partial charge is 0.0706 e. The van der Waals surface area contributed by atoms with Crippen molar-refractivity contribution in [2.45, 2.75) is 57.0 Å². The molecule has 2 aliphatic rings. The summed E-state index contributed by atoms with van der Waals surface area (Å²) in [6.45, 7) is 3.73. The molecule has 0 saturated heterocycles. The fourth-order valence-electron chi connectivity index (χ4n) is 3.27. The van der Waals surface area contributed by atoms with E-state index in [-0.39, 0.29) is 5.60 Å². The van der Waals surface area contributed by atoms with E-state index in [2.05, 4.69) is 6.58 Å². The second-order valence-corrected chi connectivity index (χ2v) is 4.85. The molecule has 0 aliphatic heterocycles. The van der Waals surface area contributed by atoms with Crippen LogP contribution < -0.4 is 0 Å². The first-order valence-corrected chi connectivity index (χ1v) is 5.56. The Hall–Kier alpha value is -0.300. The van der Waals surface area contributed by atoms with Gasteiger partial charge in [-0.2, -0.15) is 0 Å². The standard InChI is InChI=1S/C12H20O/c1-2-3-9-12(13)10-5-8-11(12)6-4-7-11/h2,13H,1,3-10H2. The van der Waals surface area contributed by atoms with Crippen molar-refractivity contribution in [3.8, 4) is 0 Å². The minimum absolute atomic E-state index is 0.329. The topological polar surface area (TPSA) is 20.2 Å². The Balaban J connectivity index is 2.06. The molecule has 1 atom stereocenters. The Labute approximate surface area is 80.8 Å². The van der Waals surface area contributed by atoms with Crippen LogP contribution in [0.4, 0.5) is 0 Å². The second kappa shape index (κ2) is 3.13. The molecule has 0 bridgehead atoms. The first kappa shape index (κ1) is 9.26. The molecule has 13 heavy (non-hydrogen) atoms. The van der Waals surface area contributed by atoms with Crippen molar-refractivity contribution in [1.29, 1.82) is 0 Å². The van der Waals surface area contributed by atoms with Crippen LogP contribution in [-0.4, -0.2) is 10.7 Å². The van der Waals surface area contributed by atoms with Gasteiger partial charge in [-0.05, 0) is 50.4 Å². The zero-order chi connectivity index (χ0) is 9.36. The van der Waals surface area contributed by atoms with E-state index in [1.54, 1.807) is 0 Å². The third-order valence-corrected chi connectivity index (χ3v) is 4.31. The SMILES string of the molecule is C=CCCC1(O)CCCC12CCC2. The summed E-state index contributed by atoms with van der Waals surface area (Å²) in [6.07, 6.45) is 11.2. The van der Waals surface area contributed by atoms with Crippen LogP contribution in [0.15, 0.2) is 12.7 Å². The maximum absolute atomic E-state index is 10.5. The molecule has 0 aromatic carbocycles. The highest BCUT2D eigenvalue weighted by atomic mass is 16.3. The monoisotopic (exact) mass is 180 g/mol. The number of hydrogen-bond acceptors (Lipinski definition) is 1. The van der Waals surface area contributed by atoms with Gasteiger partial charge in [-0.1, -0.05) is 12.5 Å². The lowest BCUT2D eigenvalue weighted by molar-refractivity contribution is -0.108. The third-order valence-electron chi connectivity index (χ3n) is 4.31. The molecule has 2 fully saturated rings. The van der Waals surface area contributed by atoms with E-state index in [1.807, 2.05) is 6.08 Å². The molecule has 0 amide bonds. The van der Waals surface area contributed by atoms with Crippen molar-refractivity contribution in [3.05, 3.63) is 12.7 Å². The van der Waals surface area contributed by atoms with Gasteiger partial charge in [-0.15, -0.1) is 6.58 Å². The Morgan fingerprint density at radius 1 is 1.15 bits per heavy atom. The van der Waals surface area contributed by atoms with Crippen LogP contribution in [0.25, 0.3) is 0 Å². The average molecular weight is 180 g/mol. The molecule has 1 nitrogen and oxygen atoms in total. The first-order valence-electron chi connectivity index (χ1n) is 5.56. The molecule has 0 heterocycles. The van der Waals surface area contributed by atoms with Gasteiger partial charge in [0.2, 0.25) is 0 Å². The quantitative estimate of drug-likeness (QED) is 0.662. The van der Waals surface area contributed by atoms with Crippen molar-refractivity contribution in [3.63, 3.8) is 0 Å². The van der Waals surface area contributed by atoms with Crippen LogP contribution >= 0.6 is 0 Å². The van der Waals surface area contributed by atoms with Crippen molar-refractivity contribution in [2.24, 2.45) is 5.41 Å². The summed E-state index contributed by atoms with van der Waals surface area (Å²) in [7, 11) is 0. The lowest BCUT2D eigenvalue weighted by atomic mass is 9.59. The lowest BCUT2D eigenvalue weighted by Crippen LogP contribution is -2.48. The fourth-order valence-corrected chi connectivity index (χ4v) is 3.27. The molecule has 2 rings (SSSR count). The zero-order valence-electron chi connectivity index (χ0n) is 8.39. The van der Waals surface area contributed by atoms with Gasteiger partial charge >= 0.3 is 0 Å². The van der Waals surface area contributed by atoms with Crippen molar-refractivity contribution >= 4 is 0 Å². The fraction of sp³-hybridized carbons (Fsp3) is 0.833. The normalized spacial score (nSPS) is 36.1. The third kappa shape index (κ3) is 1.25. The molecular weight excluding hydrogens is 160 g/mol. The Morgan fingerprint density at radius 3 is 2.31 bits per heavy atom. The number of aliphatic hydroxyl groups is 1. The summed E-state index contributed by atoms with van der Waals surface area (Å²) < 4.78 is 0. The molecule has 74 valence electrons. The van der Waals surface area contributed by atoms with E-state index in [0.29, 0.717) is 5.41 Å². The average Bonchev–Trinajstić information content (AvgIpc) is 2.39. The van der Waals surface area contributed by atoms with Crippen LogP contribution in [0.2, 0.25) is 0 Å². The molecule has 0 aromatic rings. The maximum atomic E-state index is 10.5. The summed E-state index contributed by atoms with van der Waals surface area (Å²) in [5.41, 5.74) is -0.00451. The van der Waals surface area contributed by atoms with Crippen LogP contribution in [-0.2, 0) is 0 Å². The Kier molecular flexibility index (Phi) is 2.23. The predicted molar refractivity (Wildman–Crippen MR) is 54.5 cm³/mol. The van der Waals surface area contributed by atoms with Gasteiger partial charge in [0.05, 0.1) is 5.60 Å². The zero-order valence-corrected chi connectivity index (χ0v) is 8.39. The van der Waals surface area contributed by atoms with Gasteiger partial charge in [0.15, 0.2) is 0 Å². The summed E-state index contributed by atoms with van der Waals surface area (Å²) in [5, 5.41) is 10.5. The van der Waals surface area contributed by atoms with E-state index >= 15 is 0 Å².